The molecule has 0 aliphatic heterocycles. The number of anilines is 1. The molecule has 0 bridgehead atoms. The normalized spacial score (nSPS) is 10.4. The van der Waals surface area contributed by atoms with E-state index in [9.17, 15) is 0 Å². The molecule has 0 saturated heterocycles. The maximum absolute atomic E-state index is 4.32. The number of rotatable bonds is 3. The summed E-state index contributed by atoms with van der Waals surface area (Å²) < 4.78 is 0. The predicted molar refractivity (Wildman–Crippen MR) is 65.7 cm³/mol. The standard InChI is InChI=1S/C11H14N4S/c1-7-4-8(2)15-11(14-7)13-6-10-5-12-9(3)16-10/h4-5H,6H2,1-3H3,(H,13,14,15). The summed E-state index contributed by atoms with van der Waals surface area (Å²) in [5, 5.41) is 4.29. The first-order valence-electron chi connectivity index (χ1n) is 5.11. The molecular formula is C11H14N4S. The predicted octanol–water partition coefficient (Wildman–Crippen LogP) is 2.47. The molecule has 0 aromatic carbocycles. The first kappa shape index (κ1) is 11.0. The monoisotopic (exact) mass is 234 g/mol. The minimum absolute atomic E-state index is 0.684. The number of aryl methyl sites for hydroxylation is 3. The zero-order valence-corrected chi connectivity index (χ0v) is 10.4. The minimum Gasteiger partial charge on any atom is -0.349 e. The van der Waals surface area contributed by atoms with Gasteiger partial charge >= 0.3 is 0 Å². The van der Waals surface area contributed by atoms with E-state index in [2.05, 4.69) is 20.3 Å². The second-order valence-corrected chi connectivity index (χ2v) is 4.99. The number of aromatic nitrogens is 3. The van der Waals surface area contributed by atoms with Crippen LogP contribution in [0, 0.1) is 20.8 Å². The van der Waals surface area contributed by atoms with E-state index in [1.165, 1.54) is 4.88 Å². The van der Waals surface area contributed by atoms with Crippen LogP contribution >= 0.6 is 11.3 Å². The average molecular weight is 234 g/mol. The Balaban J connectivity index is 2.04. The first-order chi connectivity index (χ1) is 7.63. The highest BCUT2D eigenvalue weighted by atomic mass is 32.1. The topological polar surface area (TPSA) is 50.7 Å². The van der Waals surface area contributed by atoms with Crippen molar-refractivity contribution in [1.82, 2.24) is 15.0 Å². The molecule has 0 amide bonds. The van der Waals surface area contributed by atoms with Gasteiger partial charge in [-0.15, -0.1) is 11.3 Å². The van der Waals surface area contributed by atoms with Crippen molar-refractivity contribution in [1.29, 1.82) is 0 Å². The van der Waals surface area contributed by atoms with Crippen molar-refractivity contribution in [2.24, 2.45) is 0 Å². The SMILES string of the molecule is Cc1cc(C)nc(NCc2cnc(C)s2)n1. The lowest BCUT2D eigenvalue weighted by Crippen LogP contribution is -2.04. The van der Waals surface area contributed by atoms with Crippen LogP contribution in [0.25, 0.3) is 0 Å². The first-order valence-corrected chi connectivity index (χ1v) is 5.92. The van der Waals surface area contributed by atoms with E-state index in [-0.39, 0.29) is 0 Å². The van der Waals surface area contributed by atoms with E-state index in [0.29, 0.717) is 5.95 Å². The molecule has 4 nitrogen and oxygen atoms in total. The zero-order chi connectivity index (χ0) is 11.5. The summed E-state index contributed by atoms with van der Waals surface area (Å²) >= 11 is 1.69. The molecule has 84 valence electrons. The third kappa shape index (κ3) is 2.76. The maximum Gasteiger partial charge on any atom is 0.223 e. The molecule has 0 saturated carbocycles. The van der Waals surface area contributed by atoms with E-state index < -0.39 is 0 Å². The van der Waals surface area contributed by atoms with Gasteiger partial charge in [-0.2, -0.15) is 0 Å². The van der Waals surface area contributed by atoms with Gasteiger partial charge in [-0.25, -0.2) is 15.0 Å². The molecule has 0 spiro atoms. The van der Waals surface area contributed by atoms with Crippen molar-refractivity contribution < 1.29 is 0 Å². The van der Waals surface area contributed by atoms with Gasteiger partial charge in [0.25, 0.3) is 0 Å². The van der Waals surface area contributed by atoms with E-state index in [1.54, 1.807) is 11.3 Å². The van der Waals surface area contributed by atoms with Gasteiger partial charge in [-0.3, -0.25) is 0 Å². The van der Waals surface area contributed by atoms with Gasteiger partial charge in [0.1, 0.15) is 0 Å². The van der Waals surface area contributed by atoms with Crippen LogP contribution < -0.4 is 5.32 Å². The molecule has 0 aliphatic carbocycles. The number of nitrogens with zero attached hydrogens (tertiary/aromatic N) is 3. The molecule has 0 unspecified atom stereocenters. The molecule has 5 heteroatoms. The molecule has 2 rings (SSSR count). The van der Waals surface area contributed by atoms with Crippen molar-refractivity contribution >= 4 is 17.3 Å². The zero-order valence-electron chi connectivity index (χ0n) is 9.61. The fraction of sp³-hybridized carbons (Fsp3) is 0.364. The van der Waals surface area contributed by atoms with Crippen molar-refractivity contribution in [3.63, 3.8) is 0 Å². The van der Waals surface area contributed by atoms with Gasteiger partial charge in [-0.05, 0) is 26.8 Å². The van der Waals surface area contributed by atoms with E-state index >= 15 is 0 Å². The molecule has 16 heavy (non-hydrogen) atoms. The summed E-state index contributed by atoms with van der Waals surface area (Å²) in [5.74, 6) is 0.684. The Labute approximate surface area is 98.8 Å². The van der Waals surface area contributed by atoms with Gasteiger partial charge in [0.2, 0.25) is 5.95 Å². The highest BCUT2D eigenvalue weighted by Gasteiger charge is 2.01. The average Bonchev–Trinajstić information content (AvgIpc) is 2.60. The third-order valence-corrected chi connectivity index (χ3v) is 2.98. The van der Waals surface area contributed by atoms with Gasteiger partial charge in [0.15, 0.2) is 0 Å². The number of thiazole rings is 1. The molecule has 0 radical (unpaired) electrons. The van der Waals surface area contributed by atoms with Gasteiger partial charge in [-0.1, -0.05) is 0 Å². The number of hydrogen-bond donors (Lipinski definition) is 1. The molecule has 2 heterocycles. The molecule has 0 atom stereocenters. The third-order valence-electron chi connectivity index (χ3n) is 2.07. The summed E-state index contributed by atoms with van der Waals surface area (Å²) in [6.45, 7) is 6.67. The summed E-state index contributed by atoms with van der Waals surface area (Å²) in [6, 6.07) is 1.96. The molecule has 2 aromatic heterocycles. The quantitative estimate of drug-likeness (QED) is 0.886. The lowest BCUT2D eigenvalue weighted by molar-refractivity contribution is 1.01. The van der Waals surface area contributed by atoms with Crippen LogP contribution in [-0.4, -0.2) is 15.0 Å². The fourth-order valence-corrected chi connectivity index (χ4v) is 2.19. The molecule has 2 aromatic rings. The van der Waals surface area contributed by atoms with Crippen LogP contribution in [0.5, 0.6) is 0 Å². The van der Waals surface area contributed by atoms with Crippen molar-refractivity contribution in [2.75, 3.05) is 5.32 Å². The van der Waals surface area contributed by atoms with E-state index in [0.717, 1.165) is 22.9 Å². The number of nitrogens with one attached hydrogen (secondary N) is 1. The Kier molecular flexibility index (Phi) is 3.14. The highest BCUT2D eigenvalue weighted by molar-refractivity contribution is 7.11. The number of hydrogen-bond acceptors (Lipinski definition) is 5. The van der Waals surface area contributed by atoms with E-state index in [4.69, 9.17) is 0 Å². The summed E-state index contributed by atoms with van der Waals surface area (Å²) in [6.07, 6.45) is 1.88. The Hall–Kier alpha value is -1.49. The Bertz CT molecular complexity index is 472. The van der Waals surface area contributed by atoms with Crippen molar-refractivity contribution in [3.8, 4) is 0 Å². The second kappa shape index (κ2) is 4.57. The second-order valence-electron chi connectivity index (χ2n) is 3.67. The highest BCUT2D eigenvalue weighted by Crippen LogP contribution is 2.13. The van der Waals surface area contributed by atoms with E-state index in [1.807, 2.05) is 33.0 Å². The van der Waals surface area contributed by atoms with Crippen LogP contribution in [0.1, 0.15) is 21.3 Å². The minimum atomic E-state index is 0.684. The molecule has 0 aliphatic rings. The molecular weight excluding hydrogens is 220 g/mol. The van der Waals surface area contributed by atoms with Crippen molar-refractivity contribution in [3.05, 3.63) is 33.5 Å². The lowest BCUT2D eigenvalue weighted by Gasteiger charge is -2.04. The maximum atomic E-state index is 4.32. The Morgan fingerprint density at radius 3 is 2.44 bits per heavy atom. The molecule has 1 N–H and O–H groups in total. The van der Waals surface area contributed by atoms with Crippen LogP contribution in [0.3, 0.4) is 0 Å². The van der Waals surface area contributed by atoms with Crippen LogP contribution in [-0.2, 0) is 6.54 Å². The van der Waals surface area contributed by atoms with Crippen LogP contribution in [0.4, 0.5) is 5.95 Å². The Morgan fingerprint density at radius 2 is 1.88 bits per heavy atom. The summed E-state index contributed by atoms with van der Waals surface area (Å²) in [4.78, 5) is 14.0. The van der Waals surface area contributed by atoms with Crippen LogP contribution in [0.15, 0.2) is 12.3 Å². The van der Waals surface area contributed by atoms with Gasteiger partial charge in [0, 0.05) is 22.5 Å². The lowest BCUT2D eigenvalue weighted by atomic mass is 10.4. The van der Waals surface area contributed by atoms with Crippen LogP contribution in [0.2, 0.25) is 0 Å². The summed E-state index contributed by atoms with van der Waals surface area (Å²) in [7, 11) is 0. The van der Waals surface area contributed by atoms with Crippen molar-refractivity contribution in [2.45, 2.75) is 27.3 Å². The summed E-state index contributed by atoms with van der Waals surface area (Å²) in [5.41, 5.74) is 1.96. The molecule has 0 fully saturated rings. The fourth-order valence-electron chi connectivity index (χ4n) is 1.46. The van der Waals surface area contributed by atoms with Gasteiger partial charge in [0.05, 0.1) is 11.6 Å². The largest absolute Gasteiger partial charge is 0.349 e. The Morgan fingerprint density at radius 1 is 1.19 bits per heavy atom. The van der Waals surface area contributed by atoms with Gasteiger partial charge < -0.3 is 5.32 Å². The smallest absolute Gasteiger partial charge is 0.223 e.